The second kappa shape index (κ2) is 15.0. The normalized spacial score (nSPS) is 11.7. The Hall–Kier alpha value is -4.34. The van der Waals surface area contributed by atoms with E-state index in [4.69, 9.17) is 4.74 Å². The van der Waals surface area contributed by atoms with Crippen molar-refractivity contribution in [2.24, 2.45) is 0 Å². The molecule has 0 heterocycles. The summed E-state index contributed by atoms with van der Waals surface area (Å²) in [7, 11) is 0. The Morgan fingerprint density at radius 1 is 0.857 bits per heavy atom. The van der Waals surface area contributed by atoms with Crippen molar-refractivity contribution in [1.29, 1.82) is 0 Å². The fourth-order valence-corrected chi connectivity index (χ4v) is 5.01. The van der Waals surface area contributed by atoms with Crippen molar-refractivity contribution in [2.75, 3.05) is 17.2 Å². The van der Waals surface area contributed by atoms with E-state index in [1.165, 1.54) is 11.8 Å². The van der Waals surface area contributed by atoms with Crippen LogP contribution in [0.4, 0.5) is 11.4 Å². The van der Waals surface area contributed by atoms with Crippen LogP contribution in [0, 0.1) is 0 Å². The number of anilines is 2. The van der Waals surface area contributed by atoms with Crippen LogP contribution in [0.2, 0.25) is 0 Å². The van der Waals surface area contributed by atoms with E-state index in [1.54, 1.807) is 60.7 Å². The molecule has 3 N–H and O–H groups in total. The summed E-state index contributed by atoms with van der Waals surface area (Å²) in [5, 5.41) is 8.14. The van der Waals surface area contributed by atoms with Gasteiger partial charge in [0.25, 0.3) is 11.8 Å². The number of carbonyl (C=O) groups is 3. The molecule has 7 nitrogen and oxygen atoms in total. The molecule has 0 saturated carbocycles. The lowest BCUT2D eigenvalue weighted by molar-refractivity contribution is -0.115. The molecule has 0 aromatic heterocycles. The molecule has 0 spiro atoms. The predicted molar refractivity (Wildman–Crippen MR) is 173 cm³/mol. The van der Waals surface area contributed by atoms with Crippen LogP contribution >= 0.6 is 27.7 Å². The van der Waals surface area contributed by atoms with Crippen molar-refractivity contribution in [3.63, 3.8) is 0 Å². The third-order valence-corrected chi connectivity index (χ3v) is 7.54. The summed E-state index contributed by atoms with van der Waals surface area (Å²) < 4.78 is 6.43. The highest BCUT2D eigenvalue weighted by molar-refractivity contribution is 9.10. The minimum atomic E-state index is -0.489. The molecule has 4 rings (SSSR count). The second-order valence-electron chi connectivity index (χ2n) is 9.12. The maximum absolute atomic E-state index is 13.4. The van der Waals surface area contributed by atoms with Gasteiger partial charge in [-0.25, -0.2) is 0 Å². The molecule has 1 unspecified atom stereocenters. The summed E-state index contributed by atoms with van der Waals surface area (Å²) in [6, 6.07) is 30.5. The Morgan fingerprint density at radius 2 is 1.57 bits per heavy atom. The Kier molecular flexibility index (Phi) is 11.0. The SMILES string of the molecule is CCOc1ccc(/C=C(/NC(=O)c2ccccc2)C(=O)Nc2cccc(SC(C)C(=O)Nc3ccc(Br)cc3)c2)cc1. The molecule has 9 heteroatoms. The van der Waals surface area contributed by atoms with Gasteiger partial charge in [-0.05, 0) is 92.2 Å². The molecule has 214 valence electrons. The van der Waals surface area contributed by atoms with E-state index < -0.39 is 11.8 Å². The molecule has 4 aromatic rings. The van der Waals surface area contributed by atoms with Crippen LogP contribution in [-0.2, 0) is 9.59 Å². The van der Waals surface area contributed by atoms with Gasteiger partial charge in [-0.1, -0.05) is 52.3 Å². The molecule has 0 bridgehead atoms. The van der Waals surface area contributed by atoms with E-state index >= 15 is 0 Å². The van der Waals surface area contributed by atoms with Gasteiger partial charge in [-0.3, -0.25) is 14.4 Å². The first-order valence-electron chi connectivity index (χ1n) is 13.3. The third-order valence-electron chi connectivity index (χ3n) is 5.92. The fourth-order valence-electron chi connectivity index (χ4n) is 3.82. The van der Waals surface area contributed by atoms with Crippen molar-refractivity contribution in [2.45, 2.75) is 24.0 Å². The first-order valence-corrected chi connectivity index (χ1v) is 14.9. The highest BCUT2D eigenvalue weighted by Crippen LogP contribution is 2.27. The molecule has 0 saturated heterocycles. The predicted octanol–water partition coefficient (Wildman–Crippen LogP) is 7.38. The first-order chi connectivity index (χ1) is 20.3. The van der Waals surface area contributed by atoms with Crippen molar-refractivity contribution in [1.82, 2.24) is 5.32 Å². The van der Waals surface area contributed by atoms with Gasteiger partial charge in [0.2, 0.25) is 5.91 Å². The molecule has 0 aliphatic heterocycles. The number of benzene rings is 4. The molecule has 42 heavy (non-hydrogen) atoms. The lowest BCUT2D eigenvalue weighted by Crippen LogP contribution is -2.30. The van der Waals surface area contributed by atoms with E-state index in [2.05, 4.69) is 31.9 Å². The van der Waals surface area contributed by atoms with Gasteiger partial charge in [0, 0.05) is 26.3 Å². The van der Waals surface area contributed by atoms with Gasteiger partial charge in [-0.15, -0.1) is 11.8 Å². The number of nitrogens with one attached hydrogen (secondary N) is 3. The number of rotatable bonds is 11. The molecular formula is C33H30BrN3O4S. The standard InChI is InChI=1S/C33H30BrN3O4S/c1-3-41-28-18-12-23(13-19-28)20-30(37-32(39)24-8-5-4-6-9-24)33(40)36-27-10-7-11-29(21-27)42-22(2)31(38)35-26-16-14-25(34)15-17-26/h4-22H,3H2,1-2H3,(H,35,38)(H,36,40)(H,37,39)/b30-20+. The Bertz CT molecular complexity index is 1560. The quantitative estimate of drug-likeness (QED) is 0.117. The van der Waals surface area contributed by atoms with Gasteiger partial charge in [-0.2, -0.15) is 0 Å². The van der Waals surface area contributed by atoms with Gasteiger partial charge in [0.15, 0.2) is 0 Å². The van der Waals surface area contributed by atoms with Crippen LogP contribution in [0.25, 0.3) is 6.08 Å². The maximum atomic E-state index is 13.4. The van der Waals surface area contributed by atoms with Crippen LogP contribution in [-0.4, -0.2) is 29.6 Å². The lowest BCUT2D eigenvalue weighted by Gasteiger charge is -2.14. The van der Waals surface area contributed by atoms with Gasteiger partial charge in [0.05, 0.1) is 11.9 Å². The van der Waals surface area contributed by atoms with Crippen LogP contribution < -0.4 is 20.7 Å². The summed E-state index contributed by atoms with van der Waals surface area (Å²) in [5.41, 5.74) is 2.45. The smallest absolute Gasteiger partial charge is 0.272 e. The number of hydrogen-bond acceptors (Lipinski definition) is 5. The molecular weight excluding hydrogens is 614 g/mol. The first kappa shape index (κ1) is 30.6. The monoisotopic (exact) mass is 643 g/mol. The molecule has 1 atom stereocenters. The lowest BCUT2D eigenvalue weighted by atomic mass is 10.1. The number of carbonyl (C=O) groups excluding carboxylic acids is 3. The molecule has 0 aliphatic rings. The van der Waals surface area contributed by atoms with Crippen LogP contribution in [0.3, 0.4) is 0 Å². The Labute approximate surface area is 257 Å². The van der Waals surface area contributed by atoms with Crippen LogP contribution in [0.5, 0.6) is 5.75 Å². The van der Waals surface area contributed by atoms with Gasteiger partial charge >= 0.3 is 0 Å². The Morgan fingerprint density at radius 3 is 2.26 bits per heavy atom. The summed E-state index contributed by atoms with van der Waals surface area (Å²) in [5.74, 6) is -0.321. The number of thioether (sulfide) groups is 1. The maximum Gasteiger partial charge on any atom is 0.272 e. The van der Waals surface area contributed by atoms with E-state index in [9.17, 15) is 14.4 Å². The highest BCUT2D eigenvalue weighted by Gasteiger charge is 2.17. The zero-order chi connectivity index (χ0) is 29.9. The summed E-state index contributed by atoms with van der Waals surface area (Å²) in [6.07, 6.45) is 1.61. The number of amides is 3. The minimum absolute atomic E-state index is 0.0771. The average molecular weight is 645 g/mol. The number of halogens is 1. The fraction of sp³-hybridized carbons (Fsp3) is 0.121. The number of hydrogen-bond donors (Lipinski definition) is 3. The molecule has 0 fully saturated rings. The zero-order valence-corrected chi connectivity index (χ0v) is 25.5. The van der Waals surface area contributed by atoms with Crippen molar-refractivity contribution in [3.05, 3.63) is 124 Å². The molecule has 0 radical (unpaired) electrons. The van der Waals surface area contributed by atoms with E-state index in [0.717, 1.165) is 9.37 Å². The van der Waals surface area contributed by atoms with Crippen LogP contribution in [0.15, 0.2) is 118 Å². The average Bonchev–Trinajstić information content (AvgIpc) is 2.99. The van der Waals surface area contributed by atoms with Gasteiger partial charge < -0.3 is 20.7 Å². The summed E-state index contributed by atoms with van der Waals surface area (Å²) in [4.78, 5) is 39.9. The van der Waals surface area contributed by atoms with E-state index in [0.29, 0.717) is 34.9 Å². The van der Waals surface area contributed by atoms with E-state index in [-0.39, 0.29) is 16.9 Å². The second-order valence-corrected chi connectivity index (χ2v) is 11.4. The van der Waals surface area contributed by atoms with Crippen molar-refractivity contribution >= 4 is 62.9 Å². The highest BCUT2D eigenvalue weighted by atomic mass is 79.9. The summed E-state index contributed by atoms with van der Waals surface area (Å²) >= 11 is 4.76. The molecule has 3 amide bonds. The van der Waals surface area contributed by atoms with Crippen molar-refractivity contribution < 1.29 is 19.1 Å². The Balaban J connectivity index is 1.48. The van der Waals surface area contributed by atoms with Crippen LogP contribution in [0.1, 0.15) is 29.8 Å². The summed E-state index contributed by atoms with van der Waals surface area (Å²) in [6.45, 7) is 4.27. The third kappa shape index (κ3) is 9.09. The van der Waals surface area contributed by atoms with Crippen molar-refractivity contribution in [3.8, 4) is 5.75 Å². The number of ether oxygens (including phenoxy) is 1. The zero-order valence-electron chi connectivity index (χ0n) is 23.1. The minimum Gasteiger partial charge on any atom is -0.494 e. The molecule has 0 aliphatic carbocycles. The topological polar surface area (TPSA) is 96.5 Å². The largest absolute Gasteiger partial charge is 0.494 e. The van der Waals surface area contributed by atoms with Gasteiger partial charge in [0.1, 0.15) is 11.4 Å². The van der Waals surface area contributed by atoms with E-state index in [1.807, 2.05) is 62.4 Å². The molecule has 4 aromatic carbocycles.